The Bertz CT molecular complexity index is 540. The summed E-state index contributed by atoms with van der Waals surface area (Å²) in [7, 11) is 1.71. The van der Waals surface area contributed by atoms with E-state index in [0.717, 1.165) is 44.7 Å². The van der Waals surface area contributed by atoms with Crippen LogP contribution in [0.2, 0.25) is 0 Å². The normalized spacial score (nSPS) is 27.1. The van der Waals surface area contributed by atoms with Crippen LogP contribution in [0.4, 0.5) is 0 Å². The van der Waals surface area contributed by atoms with Gasteiger partial charge < -0.3 is 14.6 Å². The van der Waals surface area contributed by atoms with Gasteiger partial charge in [-0.05, 0) is 49.8 Å². The fraction of sp³-hybridized carbons (Fsp3) is 0.700. The number of halogens is 1. The molecule has 0 bridgehead atoms. The number of aliphatic hydroxyl groups excluding tert-OH is 1. The van der Waals surface area contributed by atoms with Gasteiger partial charge in [-0.3, -0.25) is 4.90 Å². The van der Waals surface area contributed by atoms with Crippen LogP contribution in [0.3, 0.4) is 0 Å². The van der Waals surface area contributed by atoms with Gasteiger partial charge >= 0.3 is 0 Å². The van der Waals surface area contributed by atoms with Gasteiger partial charge in [0.15, 0.2) is 0 Å². The Labute approximate surface area is 157 Å². The minimum atomic E-state index is -0.144. The average Bonchev–Trinajstić information content (AvgIpc) is 3.02. The van der Waals surface area contributed by atoms with Crippen LogP contribution >= 0.6 is 12.4 Å². The average molecular weight is 370 g/mol. The second-order valence-corrected chi connectivity index (χ2v) is 7.25. The number of likely N-dealkylation sites (tertiary alicyclic amines) is 1. The smallest absolute Gasteiger partial charge is 0.121 e. The Balaban J connectivity index is 0.00000225. The summed E-state index contributed by atoms with van der Waals surface area (Å²) < 4.78 is 11.6. The van der Waals surface area contributed by atoms with Crippen LogP contribution in [-0.2, 0) is 11.2 Å². The van der Waals surface area contributed by atoms with Crippen molar-refractivity contribution in [3.05, 3.63) is 29.3 Å². The molecule has 4 nitrogen and oxygen atoms in total. The molecule has 5 heteroatoms. The maximum absolute atomic E-state index is 9.82. The molecule has 2 unspecified atom stereocenters. The highest BCUT2D eigenvalue weighted by molar-refractivity contribution is 5.85. The van der Waals surface area contributed by atoms with Crippen molar-refractivity contribution in [1.29, 1.82) is 0 Å². The third-order valence-corrected chi connectivity index (χ3v) is 5.51. The van der Waals surface area contributed by atoms with E-state index in [0.29, 0.717) is 12.1 Å². The molecule has 1 aliphatic carbocycles. The molecule has 0 amide bonds. The number of benzene rings is 1. The number of aliphatic hydroxyl groups is 1. The van der Waals surface area contributed by atoms with Crippen LogP contribution in [-0.4, -0.2) is 55.1 Å². The van der Waals surface area contributed by atoms with Gasteiger partial charge in [0.2, 0.25) is 0 Å². The zero-order chi connectivity index (χ0) is 16.9. The van der Waals surface area contributed by atoms with E-state index in [1.54, 1.807) is 7.11 Å². The highest BCUT2D eigenvalue weighted by atomic mass is 35.5. The lowest BCUT2D eigenvalue weighted by atomic mass is 9.91. The Hall–Kier alpha value is -0.810. The molecule has 1 aromatic rings. The molecule has 2 aliphatic rings. The molecule has 0 spiro atoms. The zero-order valence-corrected chi connectivity index (χ0v) is 16.3. The summed E-state index contributed by atoms with van der Waals surface area (Å²) in [6.45, 7) is 4.69. The monoisotopic (exact) mass is 369 g/mol. The van der Waals surface area contributed by atoms with Crippen LogP contribution in [0, 0.1) is 6.92 Å². The predicted molar refractivity (Wildman–Crippen MR) is 103 cm³/mol. The molecule has 1 saturated heterocycles. The van der Waals surface area contributed by atoms with Crippen molar-refractivity contribution in [3.63, 3.8) is 0 Å². The Morgan fingerprint density at radius 3 is 2.68 bits per heavy atom. The third-order valence-electron chi connectivity index (χ3n) is 5.51. The van der Waals surface area contributed by atoms with Crippen molar-refractivity contribution in [2.45, 2.75) is 63.7 Å². The van der Waals surface area contributed by atoms with Crippen molar-refractivity contribution < 1.29 is 14.6 Å². The molecular formula is C20H32ClNO3. The Kier molecular flexibility index (Phi) is 8.01. The summed E-state index contributed by atoms with van der Waals surface area (Å²) in [5.74, 6) is 0.944. The number of hydrogen-bond acceptors (Lipinski definition) is 4. The lowest BCUT2D eigenvalue weighted by molar-refractivity contribution is -0.0316. The van der Waals surface area contributed by atoms with E-state index in [2.05, 4.69) is 24.0 Å². The van der Waals surface area contributed by atoms with Gasteiger partial charge in [-0.1, -0.05) is 25.0 Å². The Morgan fingerprint density at radius 2 is 2.00 bits per heavy atom. The van der Waals surface area contributed by atoms with E-state index < -0.39 is 0 Å². The van der Waals surface area contributed by atoms with Crippen LogP contribution in [0.25, 0.3) is 0 Å². The minimum Gasteiger partial charge on any atom is -0.496 e. The van der Waals surface area contributed by atoms with Gasteiger partial charge in [0, 0.05) is 19.1 Å². The molecule has 2 fully saturated rings. The van der Waals surface area contributed by atoms with Crippen LogP contribution in [0.1, 0.15) is 43.2 Å². The summed E-state index contributed by atoms with van der Waals surface area (Å²) in [4.78, 5) is 2.45. The first-order valence-corrected chi connectivity index (χ1v) is 9.34. The predicted octanol–water partition coefficient (Wildman–Crippen LogP) is 3.36. The molecular weight excluding hydrogens is 338 g/mol. The van der Waals surface area contributed by atoms with E-state index in [1.807, 2.05) is 6.07 Å². The van der Waals surface area contributed by atoms with Crippen molar-refractivity contribution in [1.82, 2.24) is 4.90 Å². The van der Waals surface area contributed by atoms with Gasteiger partial charge in [0.25, 0.3) is 0 Å². The van der Waals surface area contributed by atoms with Crippen molar-refractivity contribution in [2.24, 2.45) is 0 Å². The van der Waals surface area contributed by atoms with Gasteiger partial charge in [0.05, 0.1) is 25.9 Å². The van der Waals surface area contributed by atoms with E-state index >= 15 is 0 Å². The standard InChI is InChI=1S/C20H31NO3.ClH/c1-15-13-16(7-8-19(15)23-2)10-12-24-20-6-4-3-5-18(20)21-11-9-17(22)14-21;/h7-8,13,17-18,20,22H,3-6,9-12,14H2,1-2H3;1H/t17-,18?,20?;/m1./s1. The first-order valence-electron chi connectivity index (χ1n) is 9.34. The van der Waals surface area contributed by atoms with Crippen molar-refractivity contribution >= 4 is 12.4 Å². The number of rotatable bonds is 6. The summed E-state index contributed by atoms with van der Waals surface area (Å²) in [5, 5.41) is 9.82. The Morgan fingerprint density at radius 1 is 1.20 bits per heavy atom. The number of ether oxygens (including phenoxy) is 2. The highest BCUT2D eigenvalue weighted by Crippen LogP contribution is 2.28. The van der Waals surface area contributed by atoms with E-state index in [4.69, 9.17) is 9.47 Å². The van der Waals surface area contributed by atoms with Gasteiger partial charge in [-0.25, -0.2) is 0 Å². The zero-order valence-electron chi connectivity index (χ0n) is 15.4. The maximum atomic E-state index is 9.82. The van der Waals surface area contributed by atoms with Crippen LogP contribution in [0.5, 0.6) is 5.75 Å². The molecule has 3 rings (SSSR count). The van der Waals surface area contributed by atoms with E-state index in [1.165, 1.54) is 30.4 Å². The second-order valence-electron chi connectivity index (χ2n) is 7.25. The lowest BCUT2D eigenvalue weighted by Crippen LogP contribution is -2.46. The number of methoxy groups -OCH3 is 1. The molecule has 1 N–H and O–H groups in total. The molecule has 1 saturated carbocycles. The second kappa shape index (κ2) is 9.77. The molecule has 0 radical (unpaired) electrons. The summed E-state index contributed by atoms with van der Waals surface area (Å²) in [6, 6.07) is 6.86. The topological polar surface area (TPSA) is 41.9 Å². The number of aryl methyl sites for hydroxylation is 1. The first-order chi connectivity index (χ1) is 11.7. The van der Waals surface area contributed by atoms with Gasteiger partial charge in [0.1, 0.15) is 5.75 Å². The quantitative estimate of drug-likeness (QED) is 0.834. The molecule has 142 valence electrons. The molecule has 1 aromatic carbocycles. The van der Waals surface area contributed by atoms with Gasteiger partial charge in [-0.2, -0.15) is 0 Å². The summed E-state index contributed by atoms with van der Waals surface area (Å²) in [5.41, 5.74) is 2.48. The minimum absolute atomic E-state index is 0. The molecule has 0 aromatic heterocycles. The SMILES string of the molecule is COc1ccc(CCOC2CCCCC2N2CC[C@@H](O)C2)cc1C.Cl. The molecule has 3 atom stereocenters. The summed E-state index contributed by atoms with van der Waals surface area (Å²) in [6.07, 6.45) is 6.94. The van der Waals surface area contributed by atoms with E-state index in [-0.39, 0.29) is 18.5 Å². The molecule has 1 heterocycles. The maximum Gasteiger partial charge on any atom is 0.121 e. The largest absolute Gasteiger partial charge is 0.496 e. The fourth-order valence-corrected chi connectivity index (χ4v) is 4.18. The third kappa shape index (κ3) is 5.33. The van der Waals surface area contributed by atoms with Crippen molar-refractivity contribution in [2.75, 3.05) is 26.8 Å². The van der Waals surface area contributed by atoms with E-state index in [9.17, 15) is 5.11 Å². The number of β-amino-alcohol motifs (C(OH)–C–C–N with tert-alkyl or cyclic N) is 1. The highest BCUT2D eigenvalue weighted by Gasteiger charge is 2.34. The van der Waals surface area contributed by atoms with Gasteiger partial charge in [-0.15, -0.1) is 12.4 Å². The first kappa shape index (κ1) is 20.5. The summed E-state index contributed by atoms with van der Waals surface area (Å²) >= 11 is 0. The fourth-order valence-electron chi connectivity index (χ4n) is 4.18. The molecule has 1 aliphatic heterocycles. The number of hydrogen-bond donors (Lipinski definition) is 1. The van der Waals surface area contributed by atoms with Crippen LogP contribution in [0.15, 0.2) is 18.2 Å². The molecule has 25 heavy (non-hydrogen) atoms. The van der Waals surface area contributed by atoms with Crippen LogP contribution < -0.4 is 4.74 Å². The lowest BCUT2D eigenvalue weighted by Gasteiger charge is -2.37. The number of nitrogens with zero attached hydrogens (tertiary/aromatic N) is 1. The van der Waals surface area contributed by atoms with Crippen molar-refractivity contribution in [3.8, 4) is 5.75 Å².